The maximum Gasteiger partial charge on any atom is 0.409 e. The number of hydrogen-bond donors (Lipinski definition) is 1. The van der Waals surface area contributed by atoms with E-state index in [9.17, 15) is 22.8 Å². The summed E-state index contributed by atoms with van der Waals surface area (Å²) in [6, 6.07) is 5.65. The molecule has 13 heteroatoms. The Morgan fingerprint density at radius 1 is 1.05 bits per heavy atom. The van der Waals surface area contributed by atoms with Crippen molar-refractivity contribution in [3.8, 4) is 0 Å². The summed E-state index contributed by atoms with van der Waals surface area (Å²) in [5, 5.41) is 3.07. The summed E-state index contributed by atoms with van der Waals surface area (Å²) in [7, 11) is -1.18. The molecule has 2 aromatic rings. The lowest BCUT2D eigenvalue weighted by Crippen LogP contribution is -2.48. The van der Waals surface area contributed by atoms with Gasteiger partial charge in [0.1, 0.15) is 5.00 Å². The number of hydrogen-bond acceptors (Lipinski definition) is 9. The molecule has 0 aliphatic carbocycles. The predicted octanol–water partition coefficient (Wildman–Crippen LogP) is 2.71. The predicted molar refractivity (Wildman–Crippen MR) is 135 cm³/mol. The van der Waals surface area contributed by atoms with Gasteiger partial charge in [-0.15, -0.1) is 11.3 Å². The van der Waals surface area contributed by atoms with E-state index in [1.54, 1.807) is 0 Å². The van der Waals surface area contributed by atoms with Gasteiger partial charge in [0.15, 0.2) is 0 Å². The first kappa shape index (κ1) is 27.0. The van der Waals surface area contributed by atoms with Crippen LogP contribution in [0.4, 0.5) is 9.80 Å². The van der Waals surface area contributed by atoms with Gasteiger partial charge >= 0.3 is 12.1 Å². The number of carbonyl (C=O) groups excluding carboxylic acids is 3. The van der Waals surface area contributed by atoms with Crippen molar-refractivity contribution < 1.29 is 37.0 Å². The summed E-state index contributed by atoms with van der Waals surface area (Å²) in [6.45, 7) is 4.76. The fourth-order valence-electron chi connectivity index (χ4n) is 4.52. The normalized spacial score (nSPS) is 20.2. The molecule has 4 rings (SSSR count). The first-order valence-corrected chi connectivity index (χ1v) is 13.9. The van der Waals surface area contributed by atoms with Crippen LogP contribution in [-0.4, -0.2) is 81.7 Å². The van der Waals surface area contributed by atoms with Crippen LogP contribution >= 0.6 is 11.3 Å². The minimum atomic E-state index is -3.75. The number of sulfonamides is 1. The van der Waals surface area contributed by atoms with E-state index in [1.165, 1.54) is 59.0 Å². The van der Waals surface area contributed by atoms with Crippen molar-refractivity contribution in [3.63, 3.8) is 0 Å². The van der Waals surface area contributed by atoms with Gasteiger partial charge in [-0.2, -0.15) is 4.31 Å². The number of rotatable bonds is 5. The number of esters is 1. The van der Waals surface area contributed by atoms with Gasteiger partial charge in [0.05, 0.1) is 43.4 Å². The first-order chi connectivity index (χ1) is 17.5. The lowest BCUT2D eigenvalue weighted by atomic mass is 10.0. The summed E-state index contributed by atoms with van der Waals surface area (Å²) in [6.07, 6.45) is -0.500. The van der Waals surface area contributed by atoms with E-state index in [-0.39, 0.29) is 47.9 Å². The van der Waals surface area contributed by atoms with Gasteiger partial charge in [-0.3, -0.25) is 4.79 Å². The number of nitrogens with one attached hydrogen (secondary N) is 1. The average molecular weight is 552 g/mol. The second kappa shape index (κ2) is 10.8. The molecule has 0 bridgehead atoms. The maximum absolute atomic E-state index is 13.1. The molecule has 11 nitrogen and oxygen atoms in total. The number of carbonyl (C=O) groups is 3. The molecule has 2 amide bonds. The van der Waals surface area contributed by atoms with Gasteiger partial charge in [0.2, 0.25) is 10.0 Å². The highest BCUT2D eigenvalue weighted by Gasteiger charge is 2.33. The number of morpholine rings is 1. The highest BCUT2D eigenvalue weighted by Crippen LogP contribution is 2.38. The standard InChI is InChI=1S/C24H29N3O8S2/c1-14-11-27(12-15(2)35-14)37(31,32)17-7-5-16(6-8-17)21(28)25-22-20(23(29)33-3)18-9-10-26(24(30)34-4)13-19(18)36-22/h5-8,14-15H,9-13H2,1-4H3,(H,25,28). The van der Waals surface area contributed by atoms with Crippen LogP contribution in [0, 0.1) is 0 Å². The molecule has 1 fully saturated rings. The molecule has 0 spiro atoms. The SMILES string of the molecule is COC(=O)c1c(NC(=O)c2ccc(S(=O)(=O)N3CC(C)OC(C)C3)cc2)sc2c1CCN(C(=O)OC)C2. The number of amides is 2. The van der Waals surface area contributed by atoms with E-state index < -0.39 is 28.0 Å². The van der Waals surface area contributed by atoms with Crippen molar-refractivity contribution in [2.75, 3.05) is 39.2 Å². The monoisotopic (exact) mass is 551 g/mol. The molecule has 37 heavy (non-hydrogen) atoms. The number of thiophene rings is 1. The second-order valence-corrected chi connectivity index (χ2v) is 11.9. The van der Waals surface area contributed by atoms with Gasteiger partial charge in [-0.1, -0.05) is 0 Å². The number of nitrogens with zero attached hydrogens (tertiary/aromatic N) is 2. The average Bonchev–Trinajstić information content (AvgIpc) is 3.24. The van der Waals surface area contributed by atoms with Crippen LogP contribution in [0.2, 0.25) is 0 Å². The van der Waals surface area contributed by atoms with Crippen molar-refractivity contribution in [1.29, 1.82) is 0 Å². The van der Waals surface area contributed by atoms with Crippen LogP contribution in [-0.2, 0) is 37.2 Å². The van der Waals surface area contributed by atoms with E-state index in [0.717, 1.165) is 10.4 Å². The summed E-state index contributed by atoms with van der Waals surface area (Å²) < 4.78 is 42.9. The molecule has 1 aromatic carbocycles. The molecule has 0 saturated carbocycles. The third-order valence-electron chi connectivity index (χ3n) is 6.25. The Kier molecular flexibility index (Phi) is 7.88. The fourth-order valence-corrected chi connectivity index (χ4v) is 7.36. The number of benzene rings is 1. The summed E-state index contributed by atoms with van der Waals surface area (Å²) >= 11 is 1.19. The van der Waals surface area contributed by atoms with Crippen LogP contribution in [0.5, 0.6) is 0 Å². The number of fused-ring (bicyclic) bond motifs is 1. The van der Waals surface area contributed by atoms with Crippen molar-refractivity contribution in [3.05, 3.63) is 45.8 Å². The zero-order valence-corrected chi connectivity index (χ0v) is 22.6. The Morgan fingerprint density at radius 2 is 1.70 bits per heavy atom. The molecule has 2 atom stereocenters. The van der Waals surface area contributed by atoms with E-state index >= 15 is 0 Å². The molecule has 2 unspecified atom stereocenters. The quantitative estimate of drug-likeness (QED) is 0.561. The summed E-state index contributed by atoms with van der Waals surface area (Å²) in [5.41, 5.74) is 1.21. The highest BCUT2D eigenvalue weighted by molar-refractivity contribution is 7.89. The summed E-state index contributed by atoms with van der Waals surface area (Å²) in [4.78, 5) is 39.9. The number of ether oxygens (including phenoxy) is 3. The molecule has 1 N–H and O–H groups in total. The maximum atomic E-state index is 13.1. The van der Waals surface area contributed by atoms with Crippen LogP contribution in [0.25, 0.3) is 0 Å². The van der Waals surface area contributed by atoms with Gasteiger partial charge in [-0.25, -0.2) is 18.0 Å². The van der Waals surface area contributed by atoms with Gasteiger partial charge < -0.3 is 24.4 Å². The summed E-state index contributed by atoms with van der Waals surface area (Å²) in [5.74, 6) is -1.10. The zero-order chi connectivity index (χ0) is 26.9. The molecule has 2 aliphatic rings. The molecule has 1 aromatic heterocycles. The van der Waals surface area contributed by atoms with E-state index in [2.05, 4.69) is 5.32 Å². The van der Waals surface area contributed by atoms with Crippen molar-refractivity contribution >= 4 is 44.3 Å². The van der Waals surface area contributed by atoms with Crippen molar-refractivity contribution in [2.45, 2.75) is 43.9 Å². The van der Waals surface area contributed by atoms with Gasteiger partial charge in [-0.05, 0) is 50.1 Å². The van der Waals surface area contributed by atoms with E-state index in [1.807, 2.05) is 13.8 Å². The van der Waals surface area contributed by atoms with Crippen LogP contribution in [0.15, 0.2) is 29.2 Å². The Labute approximate surface area is 219 Å². The van der Waals surface area contributed by atoms with Gasteiger partial charge in [0, 0.05) is 30.1 Å². The van der Waals surface area contributed by atoms with Gasteiger partial charge in [0.25, 0.3) is 5.91 Å². The Morgan fingerprint density at radius 3 is 2.30 bits per heavy atom. The smallest absolute Gasteiger partial charge is 0.409 e. The lowest BCUT2D eigenvalue weighted by Gasteiger charge is -2.34. The minimum Gasteiger partial charge on any atom is -0.465 e. The first-order valence-electron chi connectivity index (χ1n) is 11.7. The largest absolute Gasteiger partial charge is 0.465 e. The molecular formula is C24H29N3O8S2. The molecule has 2 aliphatic heterocycles. The second-order valence-electron chi connectivity index (χ2n) is 8.90. The minimum absolute atomic E-state index is 0.0788. The number of anilines is 1. The lowest BCUT2D eigenvalue weighted by molar-refractivity contribution is -0.0440. The Hall–Kier alpha value is -3.00. The third-order valence-corrected chi connectivity index (χ3v) is 9.22. The van der Waals surface area contributed by atoms with Crippen LogP contribution < -0.4 is 5.32 Å². The molecular weight excluding hydrogens is 522 g/mol. The van der Waals surface area contributed by atoms with E-state index in [4.69, 9.17) is 14.2 Å². The number of methoxy groups -OCH3 is 2. The van der Waals surface area contributed by atoms with Crippen molar-refractivity contribution in [2.24, 2.45) is 0 Å². The zero-order valence-electron chi connectivity index (χ0n) is 21.0. The molecule has 0 radical (unpaired) electrons. The third kappa shape index (κ3) is 5.49. The topological polar surface area (TPSA) is 132 Å². The molecule has 3 heterocycles. The van der Waals surface area contributed by atoms with Crippen molar-refractivity contribution in [1.82, 2.24) is 9.21 Å². The van der Waals surface area contributed by atoms with Crippen LogP contribution in [0.3, 0.4) is 0 Å². The van der Waals surface area contributed by atoms with Crippen LogP contribution in [0.1, 0.15) is 45.0 Å². The Bertz CT molecular complexity index is 1300. The molecule has 1 saturated heterocycles. The highest BCUT2D eigenvalue weighted by atomic mass is 32.2. The fraction of sp³-hybridized carbons (Fsp3) is 0.458. The molecule has 200 valence electrons. The van der Waals surface area contributed by atoms with E-state index in [0.29, 0.717) is 18.0 Å². The Balaban J connectivity index is 1.55.